The van der Waals surface area contributed by atoms with Crippen molar-refractivity contribution in [2.75, 3.05) is 25.4 Å². The van der Waals surface area contributed by atoms with Crippen LogP contribution >= 0.6 is 0 Å². The van der Waals surface area contributed by atoms with Crippen LogP contribution in [0.1, 0.15) is 6.42 Å². The van der Waals surface area contributed by atoms with Gasteiger partial charge in [0.05, 0.1) is 5.75 Å². The van der Waals surface area contributed by atoms with E-state index in [-0.39, 0.29) is 18.4 Å². The van der Waals surface area contributed by atoms with Crippen molar-refractivity contribution in [3.05, 3.63) is 30.3 Å². The van der Waals surface area contributed by atoms with Crippen molar-refractivity contribution < 1.29 is 13.2 Å². The second kappa shape index (κ2) is 5.69. The number of para-hydroxylation sites is 1. The number of nitrogens with two attached hydrogens (primary N) is 1. The smallest absolute Gasteiger partial charge is 0.217 e. The van der Waals surface area contributed by atoms with Crippen LogP contribution in [0, 0.1) is 0 Å². The zero-order valence-corrected chi connectivity index (χ0v) is 11.0. The zero-order chi connectivity index (χ0) is 13.0. The molecule has 0 aromatic heterocycles. The highest BCUT2D eigenvalue weighted by Gasteiger charge is 2.29. The normalized spacial score (nSPS) is 21.1. The van der Waals surface area contributed by atoms with E-state index in [0.717, 1.165) is 6.42 Å². The third kappa shape index (κ3) is 3.44. The van der Waals surface area contributed by atoms with Gasteiger partial charge < -0.3 is 10.5 Å². The second-order valence-corrected chi connectivity index (χ2v) is 6.47. The van der Waals surface area contributed by atoms with E-state index < -0.39 is 10.0 Å². The van der Waals surface area contributed by atoms with E-state index in [1.165, 1.54) is 4.31 Å². The molecule has 0 amide bonds. The van der Waals surface area contributed by atoms with Crippen molar-refractivity contribution in [3.8, 4) is 5.75 Å². The molecule has 0 unspecified atom stereocenters. The summed E-state index contributed by atoms with van der Waals surface area (Å²) in [5, 5.41) is 0. The van der Waals surface area contributed by atoms with Crippen LogP contribution in [0.5, 0.6) is 5.75 Å². The Morgan fingerprint density at radius 3 is 2.67 bits per heavy atom. The van der Waals surface area contributed by atoms with Crippen LogP contribution in [-0.2, 0) is 10.0 Å². The number of nitrogens with zero attached hydrogens (tertiary/aromatic N) is 1. The van der Waals surface area contributed by atoms with Crippen molar-refractivity contribution in [1.82, 2.24) is 4.31 Å². The maximum Gasteiger partial charge on any atom is 0.217 e. The second-order valence-electron chi connectivity index (χ2n) is 4.38. The lowest BCUT2D eigenvalue weighted by atomic mass is 10.3. The Labute approximate surface area is 108 Å². The minimum Gasteiger partial charge on any atom is -0.492 e. The first-order chi connectivity index (χ1) is 8.58. The van der Waals surface area contributed by atoms with Crippen LogP contribution in [-0.4, -0.2) is 44.2 Å². The molecule has 0 spiro atoms. The molecule has 1 aliphatic rings. The molecule has 1 atom stereocenters. The van der Waals surface area contributed by atoms with Gasteiger partial charge in [0.15, 0.2) is 0 Å². The van der Waals surface area contributed by atoms with Gasteiger partial charge in [-0.3, -0.25) is 0 Å². The number of rotatable bonds is 5. The van der Waals surface area contributed by atoms with Crippen LogP contribution < -0.4 is 10.5 Å². The van der Waals surface area contributed by atoms with Gasteiger partial charge in [-0.2, -0.15) is 0 Å². The molecule has 6 heteroatoms. The molecule has 2 rings (SSSR count). The Morgan fingerprint density at radius 2 is 2.06 bits per heavy atom. The SMILES string of the molecule is N[C@H]1CCN(S(=O)(=O)CCOc2ccccc2)C1. The van der Waals surface area contributed by atoms with Gasteiger partial charge in [-0.05, 0) is 18.6 Å². The van der Waals surface area contributed by atoms with Crippen LogP contribution in [0.15, 0.2) is 30.3 Å². The average Bonchev–Trinajstić information content (AvgIpc) is 2.78. The Bertz CT molecular complexity index is 475. The molecule has 0 radical (unpaired) electrons. The van der Waals surface area contributed by atoms with Crippen molar-refractivity contribution in [3.63, 3.8) is 0 Å². The standard InChI is InChI=1S/C12H18N2O3S/c13-11-6-7-14(10-11)18(15,16)9-8-17-12-4-2-1-3-5-12/h1-5,11H,6-10,13H2/t11-/m0/s1. The summed E-state index contributed by atoms with van der Waals surface area (Å²) in [5.74, 6) is 0.681. The quantitative estimate of drug-likeness (QED) is 0.842. The van der Waals surface area contributed by atoms with Gasteiger partial charge in [0.1, 0.15) is 12.4 Å². The monoisotopic (exact) mass is 270 g/mol. The number of hydrogen-bond donors (Lipinski definition) is 1. The minimum atomic E-state index is -3.23. The number of ether oxygens (including phenoxy) is 1. The van der Waals surface area contributed by atoms with Crippen LogP contribution in [0.3, 0.4) is 0 Å². The van der Waals surface area contributed by atoms with E-state index in [1.807, 2.05) is 18.2 Å². The predicted molar refractivity (Wildman–Crippen MR) is 69.9 cm³/mol. The van der Waals surface area contributed by atoms with Crippen LogP contribution in [0.4, 0.5) is 0 Å². The summed E-state index contributed by atoms with van der Waals surface area (Å²) in [4.78, 5) is 0. The molecule has 1 saturated heterocycles. The molecule has 18 heavy (non-hydrogen) atoms. The molecule has 2 N–H and O–H groups in total. The van der Waals surface area contributed by atoms with E-state index in [2.05, 4.69) is 0 Å². The average molecular weight is 270 g/mol. The van der Waals surface area contributed by atoms with Crippen molar-refractivity contribution in [2.45, 2.75) is 12.5 Å². The molecule has 5 nitrogen and oxygen atoms in total. The molecule has 1 fully saturated rings. The molecule has 1 aromatic rings. The Hall–Kier alpha value is -1.11. The van der Waals surface area contributed by atoms with E-state index in [1.54, 1.807) is 12.1 Å². The molecule has 0 saturated carbocycles. The van der Waals surface area contributed by atoms with Gasteiger partial charge in [0.25, 0.3) is 0 Å². The summed E-state index contributed by atoms with van der Waals surface area (Å²) in [6, 6.07) is 9.16. The van der Waals surface area contributed by atoms with Gasteiger partial charge in [0, 0.05) is 19.1 Å². The molecule has 1 aromatic carbocycles. The van der Waals surface area contributed by atoms with Gasteiger partial charge in [-0.15, -0.1) is 0 Å². The summed E-state index contributed by atoms with van der Waals surface area (Å²) in [7, 11) is -3.23. The first-order valence-electron chi connectivity index (χ1n) is 5.99. The Kier molecular flexibility index (Phi) is 4.21. The number of hydrogen-bond acceptors (Lipinski definition) is 4. The van der Waals surface area contributed by atoms with E-state index in [0.29, 0.717) is 18.8 Å². The van der Waals surface area contributed by atoms with Gasteiger partial charge >= 0.3 is 0 Å². The first-order valence-corrected chi connectivity index (χ1v) is 7.60. The summed E-state index contributed by atoms with van der Waals surface area (Å²) < 4.78 is 30.8. The van der Waals surface area contributed by atoms with Gasteiger partial charge in [0.2, 0.25) is 10.0 Å². The van der Waals surface area contributed by atoms with E-state index in [9.17, 15) is 8.42 Å². The third-order valence-electron chi connectivity index (χ3n) is 2.93. The van der Waals surface area contributed by atoms with Gasteiger partial charge in [-0.1, -0.05) is 18.2 Å². The molecule has 0 aliphatic carbocycles. The third-order valence-corrected chi connectivity index (χ3v) is 4.74. The zero-order valence-electron chi connectivity index (χ0n) is 10.2. The van der Waals surface area contributed by atoms with Crippen LogP contribution in [0.2, 0.25) is 0 Å². The molecular formula is C12H18N2O3S. The topological polar surface area (TPSA) is 72.6 Å². The lowest BCUT2D eigenvalue weighted by Gasteiger charge is -2.16. The molecule has 0 bridgehead atoms. The van der Waals surface area contributed by atoms with Crippen LogP contribution in [0.25, 0.3) is 0 Å². The Morgan fingerprint density at radius 1 is 1.33 bits per heavy atom. The number of sulfonamides is 1. The first kappa shape index (κ1) is 13.3. The highest BCUT2D eigenvalue weighted by Crippen LogP contribution is 2.13. The maximum absolute atomic E-state index is 12.0. The Balaban J connectivity index is 1.82. The fourth-order valence-corrected chi connectivity index (χ4v) is 3.27. The summed E-state index contributed by atoms with van der Waals surface area (Å²) >= 11 is 0. The van der Waals surface area contributed by atoms with Crippen molar-refractivity contribution in [2.24, 2.45) is 5.73 Å². The lowest BCUT2D eigenvalue weighted by molar-refractivity contribution is 0.337. The molecule has 100 valence electrons. The summed E-state index contributed by atoms with van der Waals surface area (Å²) in [6.45, 7) is 1.11. The highest BCUT2D eigenvalue weighted by molar-refractivity contribution is 7.89. The minimum absolute atomic E-state index is 0.00534. The van der Waals surface area contributed by atoms with Crippen molar-refractivity contribution in [1.29, 1.82) is 0 Å². The summed E-state index contributed by atoms with van der Waals surface area (Å²) in [6.07, 6.45) is 0.735. The molecular weight excluding hydrogens is 252 g/mol. The number of benzene rings is 1. The lowest BCUT2D eigenvalue weighted by Crippen LogP contribution is -2.35. The van der Waals surface area contributed by atoms with Crippen molar-refractivity contribution >= 4 is 10.0 Å². The largest absolute Gasteiger partial charge is 0.492 e. The van der Waals surface area contributed by atoms with E-state index >= 15 is 0 Å². The van der Waals surface area contributed by atoms with E-state index in [4.69, 9.17) is 10.5 Å². The van der Waals surface area contributed by atoms with Gasteiger partial charge in [-0.25, -0.2) is 12.7 Å². The predicted octanol–water partition coefficient (Wildman–Crippen LogP) is 0.428. The highest BCUT2D eigenvalue weighted by atomic mass is 32.2. The fourth-order valence-electron chi connectivity index (χ4n) is 1.92. The molecule has 1 aliphatic heterocycles. The summed E-state index contributed by atoms with van der Waals surface area (Å²) in [5.41, 5.74) is 5.70. The maximum atomic E-state index is 12.0. The molecule has 1 heterocycles. The fraction of sp³-hybridized carbons (Fsp3) is 0.500.